The fourth-order valence-corrected chi connectivity index (χ4v) is 2.93. The highest BCUT2D eigenvalue weighted by Gasteiger charge is 2.24. The lowest BCUT2D eigenvalue weighted by Gasteiger charge is -2.20. The first-order valence-corrected chi connectivity index (χ1v) is 10.8. The fourth-order valence-electron chi connectivity index (χ4n) is 2.93. The zero-order valence-corrected chi connectivity index (χ0v) is 19.6. The van der Waals surface area contributed by atoms with Crippen LogP contribution in [0, 0.1) is 12.8 Å². The number of hydrazone groups is 1. The molecular weight excluding hydrogens is 406 g/mol. The molecule has 0 aliphatic rings. The number of hydrogen-bond acceptors (Lipinski definition) is 5. The number of hydrogen-bond donors (Lipinski definition) is 2. The molecule has 0 aliphatic heterocycles. The summed E-state index contributed by atoms with van der Waals surface area (Å²) in [6.45, 7) is 12.0. The van der Waals surface area contributed by atoms with Crippen LogP contribution in [0.5, 0.6) is 11.5 Å². The molecule has 2 N–H and O–H groups in total. The summed E-state index contributed by atoms with van der Waals surface area (Å²) in [5, 5.41) is 6.85. The highest BCUT2D eigenvalue weighted by Crippen LogP contribution is 2.28. The number of nitrogens with zero attached hydrogens (tertiary/aromatic N) is 1. The van der Waals surface area contributed by atoms with Crippen molar-refractivity contribution in [3.8, 4) is 11.5 Å². The smallest absolute Gasteiger partial charge is 0.262 e. The van der Waals surface area contributed by atoms with Gasteiger partial charge in [0.15, 0.2) is 11.5 Å². The van der Waals surface area contributed by atoms with E-state index in [1.54, 1.807) is 18.2 Å². The van der Waals surface area contributed by atoms with Gasteiger partial charge in [0.25, 0.3) is 11.8 Å². The molecular formula is C25H33N3O4. The Kier molecular flexibility index (Phi) is 9.25. The van der Waals surface area contributed by atoms with Crippen molar-refractivity contribution >= 4 is 18.0 Å². The maximum atomic E-state index is 12.7. The minimum Gasteiger partial charge on any atom is -0.490 e. The SMILES string of the molecule is CCOc1cc(/C=N/NC(=O)C(NC(=O)c2ccc(C)cc2)C(C)C)ccc1OC(C)C. The second-order valence-corrected chi connectivity index (χ2v) is 8.10. The van der Waals surface area contributed by atoms with Gasteiger partial charge in [-0.15, -0.1) is 0 Å². The third-order valence-corrected chi connectivity index (χ3v) is 4.57. The largest absolute Gasteiger partial charge is 0.490 e. The van der Waals surface area contributed by atoms with Crippen molar-refractivity contribution in [2.45, 2.75) is 53.7 Å². The molecule has 2 rings (SSSR count). The summed E-state index contributed by atoms with van der Waals surface area (Å²) in [4.78, 5) is 25.2. The van der Waals surface area contributed by atoms with E-state index in [2.05, 4.69) is 15.8 Å². The molecule has 0 saturated carbocycles. The van der Waals surface area contributed by atoms with Crippen LogP contribution in [0.4, 0.5) is 0 Å². The summed E-state index contributed by atoms with van der Waals surface area (Å²) >= 11 is 0. The standard InChI is InChI=1S/C25H33N3O4/c1-7-31-22-14-19(10-13-21(22)32-17(4)5)15-26-28-25(30)23(16(2)3)27-24(29)20-11-8-18(6)9-12-20/h8-17,23H,7H2,1-6H3,(H,27,29)(H,28,30)/b26-15+. The van der Waals surface area contributed by atoms with Crippen LogP contribution in [-0.2, 0) is 4.79 Å². The normalized spacial score (nSPS) is 12.1. The van der Waals surface area contributed by atoms with Gasteiger partial charge in [0, 0.05) is 5.56 Å². The lowest BCUT2D eigenvalue weighted by molar-refractivity contribution is -0.123. The van der Waals surface area contributed by atoms with Crippen LogP contribution in [0.2, 0.25) is 0 Å². The monoisotopic (exact) mass is 439 g/mol. The molecule has 0 bridgehead atoms. The molecule has 0 fully saturated rings. The van der Waals surface area contributed by atoms with Crippen molar-refractivity contribution in [2.24, 2.45) is 11.0 Å². The van der Waals surface area contributed by atoms with E-state index in [0.717, 1.165) is 11.1 Å². The van der Waals surface area contributed by atoms with Crippen LogP contribution in [0.1, 0.15) is 56.1 Å². The number of nitrogens with one attached hydrogen (secondary N) is 2. The lowest BCUT2D eigenvalue weighted by Crippen LogP contribution is -2.48. The van der Waals surface area contributed by atoms with E-state index in [0.29, 0.717) is 23.7 Å². The number of ether oxygens (including phenoxy) is 2. The molecule has 0 radical (unpaired) electrons. The first kappa shape index (κ1) is 24.9. The Hall–Kier alpha value is -3.35. The summed E-state index contributed by atoms with van der Waals surface area (Å²) in [5.41, 5.74) is 4.83. The van der Waals surface area contributed by atoms with Crippen molar-refractivity contribution in [3.63, 3.8) is 0 Å². The summed E-state index contributed by atoms with van der Waals surface area (Å²) in [7, 11) is 0. The fraction of sp³-hybridized carbons (Fsp3) is 0.400. The average Bonchev–Trinajstić information content (AvgIpc) is 2.73. The third kappa shape index (κ3) is 7.41. The Balaban J connectivity index is 2.05. The molecule has 1 atom stereocenters. The van der Waals surface area contributed by atoms with Crippen LogP contribution in [0.15, 0.2) is 47.6 Å². The minimum atomic E-state index is -0.721. The van der Waals surface area contributed by atoms with Crippen molar-refractivity contribution in [3.05, 3.63) is 59.2 Å². The average molecular weight is 440 g/mol. The van der Waals surface area contributed by atoms with Gasteiger partial charge in [0.2, 0.25) is 0 Å². The van der Waals surface area contributed by atoms with Crippen LogP contribution in [0.25, 0.3) is 0 Å². The Morgan fingerprint density at radius 1 is 1.03 bits per heavy atom. The molecule has 7 nitrogen and oxygen atoms in total. The van der Waals surface area contributed by atoms with E-state index >= 15 is 0 Å². The van der Waals surface area contributed by atoms with Crippen molar-refractivity contribution in [2.75, 3.05) is 6.61 Å². The predicted octanol–water partition coefficient (Wildman–Crippen LogP) is 4.09. The topological polar surface area (TPSA) is 89.0 Å². The summed E-state index contributed by atoms with van der Waals surface area (Å²) < 4.78 is 11.4. The summed E-state index contributed by atoms with van der Waals surface area (Å²) in [6.07, 6.45) is 1.55. The van der Waals surface area contributed by atoms with Crippen molar-refractivity contribution in [1.29, 1.82) is 0 Å². The maximum Gasteiger partial charge on any atom is 0.262 e. The molecule has 0 aromatic heterocycles. The maximum absolute atomic E-state index is 12.7. The van der Waals surface area contributed by atoms with E-state index in [4.69, 9.17) is 9.47 Å². The number of amides is 2. The van der Waals surface area contributed by atoms with Gasteiger partial charge in [-0.05, 0) is 69.5 Å². The van der Waals surface area contributed by atoms with Gasteiger partial charge < -0.3 is 14.8 Å². The van der Waals surface area contributed by atoms with Crippen molar-refractivity contribution in [1.82, 2.24) is 10.7 Å². The highest BCUT2D eigenvalue weighted by molar-refractivity contribution is 5.97. The Morgan fingerprint density at radius 2 is 1.72 bits per heavy atom. The molecule has 2 amide bonds. The molecule has 0 aliphatic carbocycles. The quantitative estimate of drug-likeness (QED) is 0.431. The van der Waals surface area contributed by atoms with Crippen LogP contribution >= 0.6 is 0 Å². The van der Waals surface area contributed by atoms with Gasteiger partial charge in [-0.2, -0.15) is 5.10 Å². The first-order valence-electron chi connectivity index (χ1n) is 10.8. The second-order valence-electron chi connectivity index (χ2n) is 8.10. The van der Waals surface area contributed by atoms with E-state index < -0.39 is 6.04 Å². The van der Waals surface area contributed by atoms with E-state index in [1.165, 1.54) is 6.21 Å². The number of carbonyl (C=O) groups excluding carboxylic acids is 2. The van der Waals surface area contributed by atoms with Gasteiger partial charge in [-0.1, -0.05) is 31.5 Å². The summed E-state index contributed by atoms with van der Waals surface area (Å²) in [6, 6.07) is 11.9. The molecule has 1 unspecified atom stereocenters. The van der Waals surface area contributed by atoms with Gasteiger partial charge in [0.05, 0.1) is 18.9 Å². The molecule has 2 aromatic carbocycles. The second kappa shape index (κ2) is 11.9. The molecule has 0 spiro atoms. The number of aryl methyl sites for hydroxylation is 1. The van der Waals surface area contributed by atoms with Gasteiger partial charge in [-0.25, -0.2) is 5.43 Å². The molecule has 172 valence electrons. The van der Waals surface area contributed by atoms with Crippen LogP contribution < -0.4 is 20.2 Å². The third-order valence-electron chi connectivity index (χ3n) is 4.57. The summed E-state index contributed by atoms with van der Waals surface area (Å²) in [5.74, 6) is 0.465. The Bertz CT molecular complexity index is 937. The number of benzene rings is 2. The number of carbonyl (C=O) groups is 2. The Morgan fingerprint density at radius 3 is 2.31 bits per heavy atom. The molecule has 0 saturated heterocycles. The predicted molar refractivity (Wildman–Crippen MR) is 126 cm³/mol. The lowest BCUT2D eigenvalue weighted by atomic mass is 10.0. The van der Waals surface area contributed by atoms with Crippen molar-refractivity contribution < 1.29 is 19.1 Å². The minimum absolute atomic E-state index is 0.0242. The van der Waals surface area contributed by atoms with Gasteiger partial charge >= 0.3 is 0 Å². The molecule has 7 heteroatoms. The highest BCUT2D eigenvalue weighted by atomic mass is 16.5. The zero-order chi connectivity index (χ0) is 23.7. The Labute approximate surface area is 190 Å². The van der Waals surface area contributed by atoms with Gasteiger partial charge in [-0.3, -0.25) is 9.59 Å². The van der Waals surface area contributed by atoms with E-state index in [-0.39, 0.29) is 23.8 Å². The van der Waals surface area contributed by atoms with Crippen LogP contribution in [0.3, 0.4) is 0 Å². The zero-order valence-electron chi connectivity index (χ0n) is 19.6. The van der Waals surface area contributed by atoms with Crippen LogP contribution in [-0.4, -0.2) is 36.8 Å². The molecule has 0 heterocycles. The molecule has 32 heavy (non-hydrogen) atoms. The number of rotatable bonds is 10. The van der Waals surface area contributed by atoms with E-state index in [1.807, 2.05) is 65.8 Å². The first-order chi connectivity index (χ1) is 15.2. The van der Waals surface area contributed by atoms with Gasteiger partial charge in [0.1, 0.15) is 6.04 Å². The molecule has 2 aromatic rings. The van der Waals surface area contributed by atoms with E-state index in [9.17, 15) is 9.59 Å².